The molecule has 7 aromatic carbocycles. The number of benzene rings is 7. The van der Waals surface area contributed by atoms with Gasteiger partial charge in [0, 0.05) is 36.7 Å². The molecule has 3 aromatic heterocycles. The molecule has 0 spiro atoms. The minimum Gasteiger partial charge on any atom is -0.454 e. The number of aromatic nitrogens is 2. The van der Waals surface area contributed by atoms with E-state index in [-0.39, 0.29) is 0 Å². The molecular formula is C49H30N2OS. The van der Waals surface area contributed by atoms with Crippen LogP contribution in [0.1, 0.15) is 22.3 Å². The van der Waals surface area contributed by atoms with Gasteiger partial charge in [-0.1, -0.05) is 152 Å². The summed E-state index contributed by atoms with van der Waals surface area (Å²) in [5, 5.41) is 3.56. The van der Waals surface area contributed by atoms with Gasteiger partial charge in [-0.2, -0.15) is 0 Å². The Balaban J connectivity index is 1.19. The Morgan fingerprint density at radius 2 is 1.13 bits per heavy atom. The Labute approximate surface area is 310 Å². The Kier molecular flexibility index (Phi) is 6.64. The van der Waals surface area contributed by atoms with Gasteiger partial charge < -0.3 is 4.42 Å². The first-order valence-electron chi connectivity index (χ1n) is 17.9. The molecule has 0 radical (unpaired) electrons. The summed E-state index contributed by atoms with van der Waals surface area (Å²) in [6.45, 7) is 0. The summed E-state index contributed by atoms with van der Waals surface area (Å²) < 4.78 is 8.95. The first-order chi connectivity index (χ1) is 26.3. The fourth-order valence-corrected chi connectivity index (χ4v) is 9.67. The van der Waals surface area contributed by atoms with Crippen molar-refractivity contribution in [1.82, 2.24) is 9.97 Å². The van der Waals surface area contributed by atoms with E-state index in [4.69, 9.17) is 14.4 Å². The van der Waals surface area contributed by atoms with E-state index in [1.165, 1.54) is 53.6 Å². The highest BCUT2D eigenvalue weighted by molar-refractivity contribution is 7.25. The van der Waals surface area contributed by atoms with E-state index in [1.54, 1.807) is 11.3 Å². The van der Waals surface area contributed by atoms with E-state index in [0.29, 0.717) is 5.82 Å². The molecule has 0 aliphatic heterocycles. The topological polar surface area (TPSA) is 38.9 Å². The lowest BCUT2D eigenvalue weighted by atomic mass is 9.67. The van der Waals surface area contributed by atoms with Crippen LogP contribution in [0.4, 0.5) is 0 Å². The molecule has 0 N–H and O–H groups in total. The second-order valence-electron chi connectivity index (χ2n) is 13.7. The van der Waals surface area contributed by atoms with Crippen LogP contribution in [-0.4, -0.2) is 9.97 Å². The van der Waals surface area contributed by atoms with Crippen LogP contribution in [-0.2, 0) is 5.41 Å². The van der Waals surface area contributed by atoms with Crippen LogP contribution < -0.4 is 0 Å². The fourth-order valence-electron chi connectivity index (χ4n) is 8.52. The summed E-state index contributed by atoms with van der Waals surface area (Å²) in [4.78, 5) is 10.6. The lowest BCUT2D eigenvalue weighted by molar-refractivity contribution is 0.628. The molecule has 4 heteroatoms. The van der Waals surface area contributed by atoms with Gasteiger partial charge in [-0.25, -0.2) is 9.97 Å². The Hall–Kier alpha value is -6.62. The first-order valence-corrected chi connectivity index (χ1v) is 18.7. The van der Waals surface area contributed by atoms with E-state index in [2.05, 4.69) is 164 Å². The van der Waals surface area contributed by atoms with E-state index >= 15 is 0 Å². The van der Waals surface area contributed by atoms with Gasteiger partial charge in [0.2, 0.25) is 0 Å². The van der Waals surface area contributed by atoms with E-state index < -0.39 is 5.41 Å². The van der Waals surface area contributed by atoms with Crippen molar-refractivity contribution in [3.05, 3.63) is 204 Å². The fraction of sp³-hybridized carbons (Fsp3) is 0.0204. The second kappa shape index (κ2) is 11.7. The largest absolute Gasteiger partial charge is 0.454 e. The smallest absolute Gasteiger partial charge is 0.160 e. The number of hydrogen-bond acceptors (Lipinski definition) is 4. The van der Waals surface area contributed by atoms with Crippen LogP contribution in [0.25, 0.3) is 76.4 Å². The molecule has 10 aromatic rings. The molecule has 248 valence electrons. The highest BCUT2D eigenvalue weighted by Gasteiger charge is 2.46. The normalized spacial score (nSPS) is 13.1. The van der Waals surface area contributed by atoms with Crippen molar-refractivity contribution in [3.8, 4) is 45.2 Å². The van der Waals surface area contributed by atoms with Crippen LogP contribution >= 0.6 is 11.3 Å². The van der Waals surface area contributed by atoms with Gasteiger partial charge in [0.1, 0.15) is 11.3 Å². The number of para-hydroxylation sites is 1. The van der Waals surface area contributed by atoms with Crippen LogP contribution in [0.3, 0.4) is 0 Å². The SMILES string of the molecule is c1ccc(C2(c3ccccc3)c3ccccc3-c3c(-c4cc(-c5cc6ccccc6o5)nc(-c5ccc6c(c5)sc5ccccc56)n4)cccc32)cc1. The maximum atomic E-state index is 6.46. The summed E-state index contributed by atoms with van der Waals surface area (Å²) in [6.07, 6.45) is 0. The van der Waals surface area contributed by atoms with Crippen molar-refractivity contribution in [2.75, 3.05) is 0 Å². The molecular weight excluding hydrogens is 665 g/mol. The molecule has 0 bridgehead atoms. The van der Waals surface area contributed by atoms with Crippen LogP contribution in [0.2, 0.25) is 0 Å². The zero-order valence-corrected chi connectivity index (χ0v) is 29.3. The van der Waals surface area contributed by atoms with Crippen molar-refractivity contribution < 1.29 is 4.42 Å². The minimum absolute atomic E-state index is 0.506. The zero-order valence-electron chi connectivity index (χ0n) is 28.5. The van der Waals surface area contributed by atoms with Crippen molar-refractivity contribution in [2.45, 2.75) is 5.41 Å². The standard InChI is InChI=1S/C49H30N2OS/c1-3-15-33(16-4-1)49(34-17-5-2-6-18-34)39-22-10-8-20-37(39)47-38(21-13-23-40(47)49)41-30-42(44-28-31-14-7-11-24-43(31)52-44)51-48(50-41)32-26-27-36-35-19-9-12-25-45(35)53-46(36)29-32/h1-30H. The number of rotatable bonds is 5. The third kappa shape index (κ3) is 4.52. The molecule has 3 nitrogen and oxygen atoms in total. The second-order valence-corrected chi connectivity index (χ2v) is 14.8. The Bertz CT molecular complexity index is 2940. The van der Waals surface area contributed by atoms with Gasteiger partial charge in [-0.05, 0) is 63.7 Å². The molecule has 1 aliphatic rings. The molecule has 0 atom stereocenters. The predicted octanol–water partition coefficient (Wildman–Crippen LogP) is 13.0. The molecule has 53 heavy (non-hydrogen) atoms. The molecule has 0 fully saturated rings. The molecule has 0 amide bonds. The van der Waals surface area contributed by atoms with Gasteiger partial charge in [0.25, 0.3) is 0 Å². The van der Waals surface area contributed by atoms with E-state index in [0.717, 1.165) is 39.2 Å². The van der Waals surface area contributed by atoms with Crippen LogP contribution in [0, 0.1) is 0 Å². The van der Waals surface area contributed by atoms with Crippen molar-refractivity contribution in [1.29, 1.82) is 0 Å². The molecule has 0 saturated carbocycles. The maximum Gasteiger partial charge on any atom is 0.160 e. The van der Waals surface area contributed by atoms with Gasteiger partial charge in [-0.3, -0.25) is 0 Å². The van der Waals surface area contributed by atoms with Gasteiger partial charge >= 0.3 is 0 Å². The van der Waals surface area contributed by atoms with E-state index in [9.17, 15) is 0 Å². The number of thiophene rings is 1. The predicted molar refractivity (Wildman–Crippen MR) is 218 cm³/mol. The number of hydrogen-bond donors (Lipinski definition) is 0. The number of fused-ring (bicyclic) bond motifs is 7. The third-order valence-corrected chi connectivity index (χ3v) is 11.9. The average Bonchev–Trinajstić information content (AvgIpc) is 3.92. The third-order valence-electron chi connectivity index (χ3n) is 10.8. The monoisotopic (exact) mass is 694 g/mol. The van der Waals surface area contributed by atoms with Crippen molar-refractivity contribution >= 4 is 42.5 Å². The molecule has 0 unspecified atom stereocenters. The van der Waals surface area contributed by atoms with E-state index in [1.807, 2.05) is 18.2 Å². The van der Waals surface area contributed by atoms with Crippen LogP contribution in [0.5, 0.6) is 0 Å². The lowest BCUT2D eigenvalue weighted by Gasteiger charge is -2.33. The minimum atomic E-state index is -0.506. The summed E-state index contributed by atoms with van der Waals surface area (Å²) in [5.74, 6) is 1.38. The first kappa shape index (κ1) is 30.0. The highest BCUT2D eigenvalue weighted by atomic mass is 32.1. The Morgan fingerprint density at radius 1 is 0.472 bits per heavy atom. The summed E-state index contributed by atoms with van der Waals surface area (Å²) in [5.41, 5.74) is 11.3. The van der Waals surface area contributed by atoms with Crippen molar-refractivity contribution in [2.24, 2.45) is 0 Å². The van der Waals surface area contributed by atoms with Gasteiger partial charge in [-0.15, -0.1) is 11.3 Å². The highest BCUT2D eigenvalue weighted by Crippen LogP contribution is 2.58. The molecule has 0 saturated heterocycles. The summed E-state index contributed by atoms with van der Waals surface area (Å²) in [6, 6.07) is 64.9. The summed E-state index contributed by atoms with van der Waals surface area (Å²) >= 11 is 1.80. The van der Waals surface area contributed by atoms with Crippen LogP contribution in [0.15, 0.2) is 186 Å². The molecule has 11 rings (SSSR count). The molecule has 3 heterocycles. The Morgan fingerprint density at radius 3 is 1.96 bits per heavy atom. The average molecular weight is 695 g/mol. The van der Waals surface area contributed by atoms with Gasteiger partial charge in [0.15, 0.2) is 11.6 Å². The molecule has 1 aliphatic carbocycles. The number of furan rings is 1. The summed E-state index contributed by atoms with van der Waals surface area (Å²) in [7, 11) is 0. The maximum absolute atomic E-state index is 6.46. The number of nitrogens with zero attached hydrogens (tertiary/aromatic N) is 2. The quantitative estimate of drug-likeness (QED) is 0.180. The van der Waals surface area contributed by atoms with Gasteiger partial charge in [0.05, 0.1) is 11.1 Å². The lowest BCUT2D eigenvalue weighted by Crippen LogP contribution is -2.28. The van der Waals surface area contributed by atoms with Crippen molar-refractivity contribution in [3.63, 3.8) is 0 Å². The zero-order chi connectivity index (χ0) is 34.9.